The van der Waals surface area contributed by atoms with Gasteiger partial charge in [0.2, 0.25) is 17.7 Å². The number of methoxy groups -OCH3 is 1. The van der Waals surface area contributed by atoms with Crippen molar-refractivity contribution in [2.75, 3.05) is 13.7 Å². The molecule has 0 bridgehead atoms. The van der Waals surface area contributed by atoms with E-state index >= 15 is 0 Å². The molecule has 0 saturated carbocycles. The molecule has 24 heavy (non-hydrogen) atoms. The SMILES string of the molecule is COCC(C)(CC(=O)O)NC(=O)CCc1nnc(-c2ccsc2)o1. The molecule has 0 spiro atoms. The Morgan fingerprint density at radius 2 is 2.25 bits per heavy atom. The minimum absolute atomic E-state index is 0.105. The molecule has 0 radical (unpaired) electrons. The molecular weight excluding hydrogens is 334 g/mol. The van der Waals surface area contributed by atoms with Gasteiger partial charge in [-0.2, -0.15) is 11.3 Å². The largest absolute Gasteiger partial charge is 0.481 e. The quantitative estimate of drug-likeness (QED) is 0.705. The first kappa shape index (κ1) is 18.1. The van der Waals surface area contributed by atoms with Crippen LogP contribution in [0.25, 0.3) is 11.5 Å². The third-order valence-electron chi connectivity index (χ3n) is 3.25. The van der Waals surface area contributed by atoms with Crippen LogP contribution in [-0.4, -0.2) is 46.4 Å². The van der Waals surface area contributed by atoms with Crippen molar-refractivity contribution >= 4 is 23.2 Å². The summed E-state index contributed by atoms with van der Waals surface area (Å²) < 4.78 is 10.5. The second-order valence-electron chi connectivity index (χ2n) is 5.63. The van der Waals surface area contributed by atoms with Crippen molar-refractivity contribution in [2.45, 2.75) is 31.7 Å². The zero-order valence-corrected chi connectivity index (χ0v) is 14.3. The maximum Gasteiger partial charge on any atom is 0.305 e. The Hall–Kier alpha value is -2.26. The van der Waals surface area contributed by atoms with Crippen LogP contribution in [0.2, 0.25) is 0 Å². The summed E-state index contributed by atoms with van der Waals surface area (Å²) in [4.78, 5) is 23.0. The highest BCUT2D eigenvalue weighted by Gasteiger charge is 2.29. The third-order valence-corrected chi connectivity index (χ3v) is 3.93. The zero-order chi connectivity index (χ0) is 17.6. The first-order valence-electron chi connectivity index (χ1n) is 7.28. The zero-order valence-electron chi connectivity index (χ0n) is 13.4. The standard InChI is InChI=1S/C15H19N3O5S/c1-15(9-22-2,7-13(20)21)16-11(19)3-4-12-17-18-14(23-12)10-5-6-24-8-10/h5-6,8H,3-4,7,9H2,1-2H3,(H,16,19)(H,20,21). The van der Waals surface area contributed by atoms with Crippen molar-refractivity contribution < 1.29 is 23.8 Å². The van der Waals surface area contributed by atoms with Crippen molar-refractivity contribution in [1.29, 1.82) is 0 Å². The highest BCUT2D eigenvalue weighted by atomic mass is 32.1. The molecule has 2 rings (SSSR count). The summed E-state index contributed by atoms with van der Waals surface area (Å²) in [6.45, 7) is 1.73. The number of carbonyl (C=O) groups is 2. The normalized spacial score (nSPS) is 13.4. The average molecular weight is 353 g/mol. The number of thiophene rings is 1. The minimum Gasteiger partial charge on any atom is -0.481 e. The maximum absolute atomic E-state index is 12.1. The highest BCUT2D eigenvalue weighted by Crippen LogP contribution is 2.20. The number of hydrogen-bond donors (Lipinski definition) is 2. The van der Waals surface area contributed by atoms with Gasteiger partial charge in [-0.1, -0.05) is 0 Å². The van der Waals surface area contributed by atoms with E-state index in [0.29, 0.717) is 11.8 Å². The smallest absolute Gasteiger partial charge is 0.305 e. The molecule has 0 aromatic carbocycles. The second kappa shape index (κ2) is 8.02. The van der Waals surface area contributed by atoms with E-state index < -0.39 is 11.5 Å². The molecular formula is C15H19N3O5S. The first-order chi connectivity index (χ1) is 11.4. The van der Waals surface area contributed by atoms with Crippen LogP contribution in [0.1, 0.15) is 25.7 Å². The lowest BCUT2D eigenvalue weighted by molar-refractivity contribution is -0.139. The Morgan fingerprint density at radius 1 is 1.46 bits per heavy atom. The van der Waals surface area contributed by atoms with Gasteiger partial charge in [0, 0.05) is 30.9 Å². The van der Waals surface area contributed by atoms with E-state index in [1.165, 1.54) is 18.4 Å². The molecule has 2 N–H and O–H groups in total. The van der Waals surface area contributed by atoms with Gasteiger partial charge >= 0.3 is 5.97 Å². The van der Waals surface area contributed by atoms with Gasteiger partial charge < -0.3 is 19.6 Å². The summed E-state index contributed by atoms with van der Waals surface area (Å²) in [5.74, 6) is -0.530. The Kier molecular flexibility index (Phi) is 6.04. The van der Waals surface area contributed by atoms with Gasteiger partial charge in [-0.15, -0.1) is 10.2 Å². The second-order valence-corrected chi connectivity index (χ2v) is 6.41. The van der Waals surface area contributed by atoms with Crippen molar-refractivity contribution in [3.63, 3.8) is 0 Å². The monoisotopic (exact) mass is 353 g/mol. The van der Waals surface area contributed by atoms with Crippen molar-refractivity contribution in [2.24, 2.45) is 0 Å². The molecule has 2 aromatic rings. The molecule has 2 heterocycles. The number of carboxylic acids is 1. The van der Waals surface area contributed by atoms with Gasteiger partial charge in [-0.05, 0) is 18.4 Å². The summed E-state index contributed by atoms with van der Waals surface area (Å²) in [5.41, 5.74) is -0.119. The molecule has 0 aliphatic heterocycles. The molecule has 130 valence electrons. The van der Waals surface area contributed by atoms with E-state index in [9.17, 15) is 9.59 Å². The fourth-order valence-electron chi connectivity index (χ4n) is 2.26. The van der Waals surface area contributed by atoms with E-state index in [-0.39, 0.29) is 31.8 Å². The van der Waals surface area contributed by atoms with Crippen LogP contribution in [0.3, 0.4) is 0 Å². The van der Waals surface area contributed by atoms with Gasteiger partial charge in [-0.3, -0.25) is 9.59 Å². The summed E-state index contributed by atoms with van der Waals surface area (Å²) >= 11 is 1.53. The van der Waals surface area contributed by atoms with Crippen molar-refractivity contribution in [1.82, 2.24) is 15.5 Å². The molecule has 0 saturated heterocycles. The van der Waals surface area contributed by atoms with Gasteiger partial charge in [0.15, 0.2) is 0 Å². The van der Waals surface area contributed by atoms with Gasteiger partial charge in [0.1, 0.15) is 0 Å². The van der Waals surface area contributed by atoms with Crippen LogP contribution >= 0.6 is 11.3 Å². The molecule has 0 aliphatic carbocycles. The molecule has 1 atom stereocenters. The van der Waals surface area contributed by atoms with E-state index in [1.54, 1.807) is 6.92 Å². The molecule has 8 nitrogen and oxygen atoms in total. The average Bonchev–Trinajstić information content (AvgIpc) is 3.15. The summed E-state index contributed by atoms with van der Waals surface area (Å²) in [5, 5.41) is 23.3. The predicted octanol–water partition coefficient (Wildman–Crippen LogP) is 1.73. The molecule has 9 heteroatoms. The van der Waals surface area contributed by atoms with Gasteiger partial charge in [0.25, 0.3) is 0 Å². The number of nitrogens with zero attached hydrogens (tertiary/aromatic N) is 2. The van der Waals surface area contributed by atoms with Crippen LogP contribution in [0.4, 0.5) is 0 Å². The van der Waals surface area contributed by atoms with Crippen LogP contribution in [-0.2, 0) is 20.7 Å². The Bertz CT molecular complexity index is 685. The Morgan fingerprint density at radius 3 is 2.88 bits per heavy atom. The first-order valence-corrected chi connectivity index (χ1v) is 8.23. The number of rotatable bonds is 9. The van der Waals surface area contributed by atoms with Crippen molar-refractivity contribution in [3.05, 3.63) is 22.7 Å². The van der Waals surface area contributed by atoms with Crippen LogP contribution in [0.5, 0.6) is 0 Å². The van der Waals surface area contributed by atoms with Crippen LogP contribution < -0.4 is 5.32 Å². The summed E-state index contributed by atoms with van der Waals surface area (Å²) in [6.07, 6.45) is 0.165. The minimum atomic E-state index is -1.01. The van der Waals surface area contributed by atoms with E-state index in [1.807, 2.05) is 16.8 Å². The third kappa shape index (κ3) is 5.14. The Labute approximate surface area is 142 Å². The lowest BCUT2D eigenvalue weighted by atomic mass is 9.98. The number of aliphatic carboxylic acids is 1. The number of aryl methyl sites for hydroxylation is 1. The van der Waals surface area contributed by atoms with Gasteiger partial charge in [-0.25, -0.2) is 0 Å². The number of carboxylic acid groups (broad SMARTS) is 1. The molecule has 1 amide bonds. The maximum atomic E-state index is 12.1. The molecule has 2 aromatic heterocycles. The molecule has 0 aliphatic rings. The number of amides is 1. The Balaban J connectivity index is 1.89. The number of carbonyl (C=O) groups excluding carboxylic acids is 1. The number of aromatic nitrogens is 2. The highest BCUT2D eigenvalue weighted by molar-refractivity contribution is 7.08. The van der Waals surface area contributed by atoms with E-state index in [0.717, 1.165) is 5.56 Å². The molecule has 1 unspecified atom stereocenters. The lowest BCUT2D eigenvalue weighted by Crippen LogP contribution is -2.50. The number of nitrogens with one attached hydrogen (secondary N) is 1. The number of hydrogen-bond acceptors (Lipinski definition) is 7. The van der Waals surface area contributed by atoms with Crippen LogP contribution in [0.15, 0.2) is 21.2 Å². The van der Waals surface area contributed by atoms with Gasteiger partial charge in [0.05, 0.1) is 18.6 Å². The fourth-order valence-corrected chi connectivity index (χ4v) is 2.89. The topological polar surface area (TPSA) is 115 Å². The summed E-state index contributed by atoms with van der Waals surface area (Å²) in [6, 6.07) is 1.87. The predicted molar refractivity (Wildman–Crippen MR) is 86.6 cm³/mol. The fraction of sp³-hybridized carbons (Fsp3) is 0.467. The summed E-state index contributed by atoms with van der Waals surface area (Å²) in [7, 11) is 1.46. The lowest BCUT2D eigenvalue weighted by Gasteiger charge is -2.28. The van der Waals surface area contributed by atoms with E-state index in [4.69, 9.17) is 14.3 Å². The van der Waals surface area contributed by atoms with E-state index in [2.05, 4.69) is 15.5 Å². The van der Waals surface area contributed by atoms with Crippen molar-refractivity contribution in [3.8, 4) is 11.5 Å². The number of ether oxygens (including phenoxy) is 1. The molecule has 0 fully saturated rings. The van der Waals surface area contributed by atoms with Crippen LogP contribution in [0, 0.1) is 0 Å².